The number of carbonyl (C=O) groups is 1. The predicted molar refractivity (Wildman–Crippen MR) is 111 cm³/mol. The quantitative estimate of drug-likeness (QED) is 0.439. The zero-order chi connectivity index (χ0) is 24.3. The summed E-state index contributed by atoms with van der Waals surface area (Å²) in [6.45, 7) is 1.43. The van der Waals surface area contributed by atoms with Crippen molar-refractivity contribution in [1.82, 2.24) is 34.0 Å². The number of carbonyl (C=O) groups excluding carboxylic acids is 1. The maximum absolute atomic E-state index is 13.1. The summed E-state index contributed by atoms with van der Waals surface area (Å²) in [6, 6.07) is 2.18. The number of amides is 1. The first-order chi connectivity index (χ1) is 15.4. The van der Waals surface area contributed by atoms with E-state index < -0.39 is 27.6 Å². The van der Waals surface area contributed by atoms with Gasteiger partial charge in [-0.3, -0.25) is 4.79 Å². The van der Waals surface area contributed by atoms with Gasteiger partial charge in [0.2, 0.25) is 0 Å². The number of pyridine rings is 1. The summed E-state index contributed by atoms with van der Waals surface area (Å²) in [5.74, 6) is -0.721. The monoisotopic (exact) mass is 481 g/mol. The number of aryl methyl sites for hydroxylation is 1. The van der Waals surface area contributed by atoms with Crippen LogP contribution in [0.4, 0.5) is 13.2 Å². The molecule has 10 nitrogen and oxygen atoms in total. The molecule has 0 aliphatic carbocycles. The molecule has 0 bridgehead atoms. The maximum atomic E-state index is 13.1. The van der Waals surface area contributed by atoms with E-state index in [0.29, 0.717) is 0 Å². The summed E-state index contributed by atoms with van der Waals surface area (Å²) in [4.78, 5) is 25.9. The number of hydrogen-bond acceptors (Lipinski definition) is 7. The number of aromatic nitrogens is 6. The molecule has 0 aliphatic heterocycles. The fourth-order valence-electron chi connectivity index (χ4n) is 3.33. The first-order valence-electron chi connectivity index (χ1n) is 9.59. The van der Waals surface area contributed by atoms with E-state index in [9.17, 15) is 26.4 Å². The minimum Gasteiger partial charge on any atom is -0.343 e. The zero-order valence-corrected chi connectivity index (χ0v) is 18.7. The molecule has 4 aromatic heterocycles. The van der Waals surface area contributed by atoms with Crippen LogP contribution in [-0.4, -0.2) is 68.2 Å². The molecule has 0 saturated carbocycles. The molecule has 4 rings (SSSR count). The number of hydrogen-bond donors (Lipinski definition) is 0. The smallest absolute Gasteiger partial charge is 0.343 e. The molecule has 0 aliphatic rings. The lowest BCUT2D eigenvalue weighted by atomic mass is 10.3. The van der Waals surface area contributed by atoms with Gasteiger partial charge in [-0.15, -0.1) is 0 Å². The molecule has 4 aromatic rings. The van der Waals surface area contributed by atoms with Crippen molar-refractivity contribution < 1.29 is 26.4 Å². The normalized spacial score (nSPS) is 12.6. The van der Waals surface area contributed by atoms with E-state index in [1.165, 1.54) is 49.8 Å². The average molecular weight is 481 g/mol. The van der Waals surface area contributed by atoms with Crippen LogP contribution in [0.3, 0.4) is 0 Å². The van der Waals surface area contributed by atoms with E-state index in [2.05, 4.69) is 20.1 Å². The SMILES string of the molecule is CCS(=O)(=O)c1nn2c(C(=O)N(C)C)ccnc2c1-c1nc2cc(C(F)(F)F)ncc2n1C. The Morgan fingerprint density at radius 3 is 2.52 bits per heavy atom. The molecule has 0 N–H and O–H groups in total. The van der Waals surface area contributed by atoms with Crippen LogP contribution in [0, 0.1) is 0 Å². The van der Waals surface area contributed by atoms with Crippen LogP contribution < -0.4 is 0 Å². The Labute approximate surface area is 185 Å². The Kier molecular flexibility index (Phi) is 5.15. The Morgan fingerprint density at radius 2 is 1.91 bits per heavy atom. The highest BCUT2D eigenvalue weighted by atomic mass is 32.2. The second-order valence-corrected chi connectivity index (χ2v) is 9.59. The molecule has 14 heteroatoms. The summed E-state index contributed by atoms with van der Waals surface area (Å²) in [5, 5.41) is 3.80. The zero-order valence-electron chi connectivity index (χ0n) is 17.9. The third kappa shape index (κ3) is 3.59. The molecule has 0 aromatic carbocycles. The van der Waals surface area contributed by atoms with Crippen LogP contribution in [0.15, 0.2) is 29.6 Å². The number of sulfone groups is 1. The fraction of sp³-hybridized carbons (Fsp3) is 0.316. The van der Waals surface area contributed by atoms with Crippen molar-refractivity contribution in [2.24, 2.45) is 7.05 Å². The van der Waals surface area contributed by atoms with E-state index >= 15 is 0 Å². The lowest BCUT2D eigenvalue weighted by Gasteiger charge is -2.10. The highest BCUT2D eigenvalue weighted by Crippen LogP contribution is 2.34. The van der Waals surface area contributed by atoms with Crippen LogP contribution in [0.1, 0.15) is 23.1 Å². The van der Waals surface area contributed by atoms with E-state index in [1.54, 1.807) is 0 Å². The number of imidazole rings is 1. The van der Waals surface area contributed by atoms with Gasteiger partial charge in [0.1, 0.15) is 22.8 Å². The molecule has 0 spiro atoms. The molecule has 4 heterocycles. The molecule has 33 heavy (non-hydrogen) atoms. The third-order valence-electron chi connectivity index (χ3n) is 5.07. The van der Waals surface area contributed by atoms with Gasteiger partial charge in [0.05, 0.1) is 23.0 Å². The lowest BCUT2D eigenvalue weighted by Crippen LogP contribution is -2.24. The highest BCUT2D eigenvalue weighted by Gasteiger charge is 2.34. The molecule has 0 fully saturated rings. The summed E-state index contributed by atoms with van der Waals surface area (Å²) in [5.41, 5.74) is -0.844. The van der Waals surface area contributed by atoms with Crippen LogP contribution in [-0.2, 0) is 23.1 Å². The van der Waals surface area contributed by atoms with Gasteiger partial charge < -0.3 is 9.47 Å². The summed E-state index contributed by atoms with van der Waals surface area (Å²) >= 11 is 0. The maximum Gasteiger partial charge on any atom is 0.433 e. The lowest BCUT2D eigenvalue weighted by molar-refractivity contribution is -0.141. The second-order valence-electron chi connectivity index (χ2n) is 7.40. The predicted octanol–water partition coefficient (Wildman–Crippen LogP) is 2.19. The first kappa shape index (κ1) is 22.6. The van der Waals surface area contributed by atoms with Crippen LogP contribution in [0.5, 0.6) is 0 Å². The molecular weight excluding hydrogens is 463 g/mol. The van der Waals surface area contributed by atoms with Gasteiger partial charge >= 0.3 is 6.18 Å². The van der Waals surface area contributed by atoms with Gasteiger partial charge in [-0.05, 0) is 12.1 Å². The van der Waals surface area contributed by atoms with Crippen molar-refractivity contribution in [3.63, 3.8) is 0 Å². The van der Waals surface area contributed by atoms with Crippen molar-refractivity contribution in [2.75, 3.05) is 19.8 Å². The molecule has 0 atom stereocenters. The molecular formula is C19H18F3N7O3S. The molecule has 174 valence electrons. The van der Waals surface area contributed by atoms with E-state index in [4.69, 9.17) is 0 Å². The minimum absolute atomic E-state index is 0.0162. The molecule has 1 amide bonds. The minimum atomic E-state index is -4.67. The van der Waals surface area contributed by atoms with Gasteiger partial charge in [-0.2, -0.15) is 18.3 Å². The van der Waals surface area contributed by atoms with Crippen LogP contribution in [0.2, 0.25) is 0 Å². The molecule has 0 radical (unpaired) electrons. The van der Waals surface area contributed by atoms with E-state index in [1.807, 2.05) is 0 Å². The van der Waals surface area contributed by atoms with Crippen molar-refractivity contribution in [3.05, 3.63) is 35.9 Å². The third-order valence-corrected chi connectivity index (χ3v) is 6.70. The van der Waals surface area contributed by atoms with E-state index in [-0.39, 0.29) is 44.5 Å². The summed E-state index contributed by atoms with van der Waals surface area (Å²) in [7, 11) is 0.636. The Morgan fingerprint density at radius 1 is 1.21 bits per heavy atom. The van der Waals surface area contributed by atoms with Crippen LogP contribution >= 0.6 is 0 Å². The first-order valence-corrected chi connectivity index (χ1v) is 11.2. The largest absolute Gasteiger partial charge is 0.433 e. The summed E-state index contributed by atoms with van der Waals surface area (Å²) in [6.07, 6.45) is -2.33. The number of halogens is 3. The van der Waals surface area contributed by atoms with Gasteiger partial charge in [-0.25, -0.2) is 27.9 Å². The van der Waals surface area contributed by atoms with Crippen molar-refractivity contribution in [1.29, 1.82) is 0 Å². The van der Waals surface area contributed by atoms with Gasteiger partial charge in [0.15, 0.2) is 20.5 Å². The Bertz CT molecular complexity index is 1520. The number of alkyl halides is 3. The average Bonchev–Trinajstić information content (AvgIpc) is 3.30. The van der Waals surface area contributed by atoms with E-state index in [0.717, 1.165) is 16.8 Å². The highest BCUT2D eigenvalue weighted by molar-refractivity contribution is 7.91. The molecule has 0 saturated heterocycles. The van der Waals surface area contributed by atoms with Gasteiger partial charge in [-0.1, -0.05) is 6.92 Å². The van der Waals surface area contributed by atoms with Crippen LogP contribution in [0.25, 0.3) is 28.1 Å². The molecule has 0 unspecified atom stereocenters. The van der Waals surface area contributed by atoms with Gasteiger partial charge in [0.25, 0.3) is 5.91 Å². The van der Waals surface area contributed by atoms with Gasteiger partial charge in [0, 0.05) is 27.3 Å². The van der Waals surface area contributed by atoms with Crippen molar-refractivity contribution >= 4 is 32.4 Å². The van der Waals surface area contributed by atoms with Crippen molar-refractivity contribution in [2.45, 2.75) is 18.1 Å². The number of rotatable bonds is 4. The Hall–Kier alpha value is -3.55. The second kappa shape index (κ2) is 7.50. The topological polar surface area (TPSA) is 115 Å². The summed E-state index contributed by atoms with van der Waals surface area (Å²) < 4.78 is 67.7. The standard InChI is InChI=1S/C19H18F3N7O3S/c1-5-33(31,32)17-14(15-23-7-6-11(29(15)26-17)18(30)27(2)3)16-25-10-8-13(19(20,21)22)24-9-12(10)28(16)4/h6-9H,5H2,1-4H3. The fourth-order valence-corrected chi connectivity index (χ4v) is 4.31. The van der Waals surface area contributed by atoms with Crippen molar-refractivity contribution in [3.8, 4) is 11.4 Å². The number of fused-ring (bicyclic) bond motifs is 2. The number of nitrogens with zero attached hydrogens (tertiary/aromatic N) is 7. The Balaban J connectivity index is 2.09.